The van der Waals surface area contributed by atoms with E-state index in [1.807, 2.05) is 18.2 Å². The summed E-state index contributed by atoms with van der Waals surface area (Å²) in [7, 11) is -3.18. The van der Waals surface area contributed by atoms with Crippen LogP contribution in [0.4, 0.5) is 0 Å². The molecule has 4 nitrogen and oxygen atoms in total. The van der Waals surface area contributed by atoms with Gasteiger partial charge in [0.25, 0.3) is 0 Å². The number of hydrogen-bond acceptors (Lipinski definition) is 4. The Kier molecular flexibility index (Phi) is 5.02. The zero-order chi connectivity index (χ0) is 12.9. The average Bonchev–Trinajstić information content (AvgIpc) is 2.28. The van der Waals surface area contributed by atoms with Crippen molar-refractivity contribution in [1.29, 1.82) is 5.41 Å². The molecule has 0 saturated heterocycles. The van der Waals surface area contributed by atoms with Crippen molar-refractivity contribution in [3.8, 4) is 0 Å². The molecule has 0 amide bonds. The van der Waals surface area contributed by atoms with Crippen LogP contribution in [-0.2, 0) is 9.84 Å². The first-order valence-electron chi connectivity index (χ1n) is 5.17. The Hall–Kier alpha value is -1.01. The number of nitrogens with one attached hydrogen (secondary N) is 1. The Balaban J connectivity index is 2.68. The molecule has 6 heteroatoms. The third-order valence-corrected chi connectivity index (χ3v) is 5.53. The minimum absolute atomic E-state index is 0.0350. The summed E-state index contributed by atoms with van der Waals surface area (Å²) in [5.74, 6) is 0.363. The summed E-state index contributed by atoms with van der Waals surface area (Å²) in [4.78, 5) is 0. The van der Waals surface area contributed by atoms with Crippen LogP contribution in [0.15, 0.2) is 30.3 Å². The number of benzene rings is 1. The van der Waals surface area contributed by atoms with E-state index in [1.54, 1.807) is 19.1 Å². The predicted octanol–water partition coefficient (Wildman–Crippen LogP) is 1.79. The van der Waals surface area contributed by atoms with Gasteiger partial charge in [0.1, 0.15) is 0 Å². The van der Waals surface area contributed by atoms with Gasteiger partial charge in [0.2, 0.25) is 0 Å². The molecule has 3 N–H and O–H groups in total. The maximum atomic E-state index is 12.0. The SMILES string of the molecule is C[C@@H](c1ccccc1)S(=O)(=O)CCSC(=N)N. The average molecular weight is 272 g/mol. The highest BCUT2D eigenvalue weighted by atomic mass is 32.2. The highest BCUT2D eigenvalue weighted by Crippen LogP contribution is 2.22. The minimum Gasteiger partial charge on any atom is -0.379 e. The van der Waals surface area contributed by atoms with Crippen LogP contribution in [0.3, 0.4) is 0 Å². The van der Waals surface area contributed by atoms with Crippen molar-refractivity contribution in [3.05, 3.63) is 35.9 Å². The molecule has 0 aliphatic rings. The van der Waals surface area contributed by atoms with Crippen LogP contribution in [-0.4, -0.2) is 25.1 Å². The fourth-order valence-electron chi connectivity index (χ4n) is 1.38. The van der Waals surface area contributed by atoms with E-state index in [0.717, 1.165) is 17.3 Å². The van der Waals surface area contributed by atoms with Crippen LogP contribution in [0.25, 0.3) is 0 Å². The van der Waals surface area contributed by atoms with E-state index in [2.05, 4.69) is 0 Å². The van der Waals surface area contributed by atoms with Crippen molar-refractivity contribution in [1.82, 2.24) is 0 Å². The lowest BCUT2D eigenvalue weighted by Crippen LogP contribution is -2.17. The van der Waals surface area contributed by atoms with Gasteiger partial charge in [0.15, 0.2) is 15.0 Å². The first kappa shape index (κ1) is 14.1. The zero-order valence-corrected chi connectivity index (χ0v) is 11.2. The molecule has 17 heavy (non-hydrogen) atoms. The van der Waals surface area contributed by atoms with Gasteiger partial charge < -0.3 is 5.73 Å². The maximum absolute atomic E-state index is 12.0. The summed E-state index contributed by atoms with van der Waals surface area (Å²) in [6.45, 7) is 1.68. The Bertz CT molecular complexity index is 472. The van der Waals surface area contributed by atoms with E-state index >= 15 is 0 Å². The lowest BCUT2D eigenvalue weighted by atomic mass is 10.2. The normalized spacial score (nSPS) is 13.2. The molecule has 0 aromatic heterocycles. The molecule has 1 rings (SSSR count). The van der Waals surface area contributed by atoms with Crippen molar-refractivity contribution in [3.63, 3.8) is 0 Å². The van der Waals surface area contributed by atoms with Crippen LogP contribution in [0.5, 0.6) is 0 Å². The van der Waals surface area contributed by atoms with Gasteiger partial charge in [0.05, 0.1) is 11.0 Å². The molecule has 1 atom stereocenters. The van der Waals surface area contributed by atoms with Gasteiger partial charge in [-0.3, -0.25) is 5.41 Å². The number of thioether (sulfide) groups is 1. The van der Waals surface area contributed by atoms with Crippen molar-refractivity contribution in [2.45, 2.75) is 12.2 Å². The van der Waals surface area contributed by atoms with E-state index in [9.17, 15) is 8.42 Å². The zero-order valence-electron chi connectivity index (χ0n) is 9.59. The predicted molar refractivity (Wildman–Crippen MR) is 73.0 cm³/mol. The molecule has 1 aromatic carbocycles. The molecule has 0 aliphatic carbocycles. The second-order valence-corrected chi connectivity index (χ2v) is 7.21. The van der Waals surface area contributed by atoms with E-state index < -0.39 is 15.1 Å². The van der Waals surface area contributed by atoms with Crippen LogP contribution in [0, 0.1) is 5.41 Å². The van der Waals surface area contributed by atoms with Crippen molar-refractivity contribution in [2.75, 3.05) is 11.5 Å². The quantitative estimate of drug-likeness (QED) is 0.632. The monoisotopic (exact) mass is 272 g/mol. The lowest BCUT2D eigenvalue weighted by Gasteiger charge is -2.12. The Morgan fingerprint density at radius 1 is 1.41 bits per heavy atom. The second kappa shape index (κ2) is 6.07. The van der Waals surface area contributed by atoms with E-state index in [1.165, 1.54) is 0 Å². The topological polar surface area (TPSA) is 84.0 Å². The molecule has 94 valence electrons. The number of amidine groups is 1. The molecular weight excluding hydrogens is 256 g/mol. The maximum Gasteiger partial charge on any atom is 0.157 e. The van der Waals surface area contributed by atoms with Gasteiger partial charge in [-0.25, -0.2) is 8.42 Å². The molecule has 0 heterocycles. The standard InChI is InChI=1S/C11H16N2O2S2/c1-9(10-5-3-2-4-6-10)17(14,15)8-7-16-11(12)13/h2-6,9H,7-8H2,1H3,(H3,12,13)/t9-/m0/s1. The molecule has 0 bridgehead atoms. The first-order chi connectivity index (χ1) is 7.93. The van der Waals surface area contributed by atoms with Crippen LogP contribution in [0.1, 0.15) is 17.7 Å². The lowest BCUT2D eigenvalue weighted by molar-refractivity contribution is 0.588. The van der Waals surface area contributed by atoms with Crippen molar-refractivity contribution in [2.24, 2.45) is 5.73 Å². The van der Waals surface area contributed by atoms with Crippen LogP contribution < -0.4 is 5.73 Å². The molecule has 0 unspecified atom stereocenters. The van der Waals surface area contributed by atoms with Gasteiger partial charge in [0, 0.05) is 5.75 Å². The molecule has 0 radical (unpaired) electrons. The van der Waals surface area contributed by atoms with Crippen LogP contribution in [0.2, 0.25) is 0 Å². The van der Waals surface area contributed by atoms with Crippen molar-refractivity contribution >= 4 is 26.8 Å². The summed E-state index contributed by atoms with van der Waals surface area (Å²) < 4.78 is 24.0. The number of hydrogen-bond donors (Lipinski definition) is 2. The number of nitrogens with two attached hydrogens (primary N) is 1. The first-order valence-corrected chi connectivity index (χ1v) is 7.87. The second-order valence-electron chi connectivity index (χ2n) is 3.63. The molecule has 0 spiro atoms. The van der Waals surface area contributed by atoms with Gasteiger partial charge in [-0.15, -0.1) is 0 Å². The largest absolute Gasteiger partial charge is 0.379 e. The third-order valence-electron chi connectivity index (χ3n) is 2.43. The van der Waals surface area contributed by atoms with E-state index in [4.69, 9.17) is 11.1 Å². The highest BCUT2D eigenvalue weighted by molar-refractivity contribution is 8.14. The summed E-state index contributed by atoms with van der Waals surface area (Å²) in [6.07, 6.45) is 0. The fourth-order valence-corrected chi connectivity index (χ4v) is 3.78. The van der Waals surface area contributed by atoms with Gasteiger partial charge >= 0.3 is 0 Å². The van der Waals surface area contributed by atoms with Crippen LogP contribution >= 0.6 is 11.8 Å². The number of rotatable bonds is 5. The van der Waals surface area contributed by atoms with Crippen molar-refractivity contribution < 1.29 is 8.42 Å². The summed E-state index contributed by atoms with van der Waals surface area (Å²) in [5, 5.41) is 6.45. The summed E-state index contributed by atoms with van der Waals surface area (Å²) >= 11 is 1.05. The molecular formula is C11H16N2O2S2. The molecule has 0 saturated carbocycles. The Morgan fingerprint density at radius 2 is 2.00 bits per heavy atom. The molecule has 1 aromatic rings. The van der Waals surface area contributed by atoms with Gasteiger partial charge in [-0.05, 0) is 12.5 Å². The van der Waals surface area contributed by atoms with Gasteiger partial charge in [-0.2, -0.15) is 0 Å². The third kappa shape index (κ3) is 4.40. The van der Waals surface area contributed by atoms with E-state index in [0.29, 0.717) is 5.75 Å². The summed E-state index contributed by atoms with van der Waals surface area (Å²) in [5.41, 5.74) is 5.95. The Morgan fingerprint density at radius 3 is 2.53 bits per heavy atom. The minimum atomic E-state index is -3.18. The smallest absolute Gasteiger partial charge is 0.157 e. The van der Waals surface area contributed by atoms with Gasteiger partial charge in [-0.1, -0.05) is 42.1 Å². The highest BCUT2D eigenvalue weighted by Gasteiger charge is 2.21. The van der Waals surface area contributed by atoms with E-state index in [-0.39, 0.29) is 10.9 Å². The fraction of sp³-hybridized carbons (Fsp3) is 0.364. The number of sulfone groups is 1. The summed E-state index contributed by atoms with van der Waals surface area (Å²) in [6, 6.07) is 9.12. The Labute approximate surface area is 106 Å². The molecule has 0 fully saturated rings. The molecule has 0 aliphatic heterocycles.